The summed E-state index contributed by atoms with van der Waals surface area (Å²) in [6.07, 6.45) is 2.94. The highest BCUT2D eigenvalue weighted by molar-refractivity contribution is 7.09. The van der Waals surface area contributed by atoms with E-state index in [1.165, 1.54) is 16.9 Å². The first kappa shape index (κ1) is 16.6. The quantitative estimate of drug-likeness (QED) is 0.906. The number of aromatic nitrogens is 1. The van der Waals surface area contributed by atoms with Crippen LogP contribution in [0.1, 0.15) is 33.9 Å². The predicted octanol–water partition coefficient (Wildman–Crippen LogP) is 2.28. The van der Waals surface area contributed by atoms with Gasteiger partial charge in [0.15, 0.2) is 0 Å². The molecular weight excluding hydrogens is 322 g/mol. The maximum absolute atomic E-state index is 12.3. The second-order valence-corrected chi connectivity index (χ2v) is 7.04. The summed E-state index contributed by atoms with van der Waals surface area (Å²) in [6.45, 7) is 0.565. The molecule has 5 nitrogen and oxygen atoms in total. The van der Waals surface area contributed by atoms with Gasteiger partial charge in [-0.3, -0.25) is 9.59 Å². The van der Waals surface area contributed by atoms with E-state index in [1.54, 1.807) is 11.9 Å². The number of piperidine rings is 1. The van der Waals surface area contributed by atoms with Crippen LogP contribution in [0.3, 0.4) is 0 Å². The number of benzene rings is 1. The number of amides is 2. The van der Waals surface area contributed by atoms with Crippen LogP contribution in [0.25, 0.3) is 0 Å². The first-order valence-electron chi connectivity index (χ1n) is 8.15. The van der Waals surface area contributed by atoms with Gasteiger partial charge in [-0.2, -0.15) is 0 Å². The summed E-state index contributed by atoms with van der Waals surface area (Å²) in [5, 5.41) is 5.77. The van der Waals surface area contributed by atoms with Gasteiger partial charge in [0.05, 0.1) is 5.01 Å². The number of rotatable bonds is 5. The SMILES string of the molecule is CN1CC(NC(=O)c2csc(CCc3ccccc3)n2)CCC1=O. The number of carbonyl (C=O) groups excluding carboxylic acids is 2. The van der Waals surface area contributed by atoms with Gasteiger partial charge in [0, 0.05) is 37.9 Å². The molecule has 0 spiro atoms. The van der Waals surface area contributed by atoms with Gasteiger partial charge in [-0.1, -0.05) is 30.3 Å². The number of hydrogen-bond acceptors (Lipinski definition) is 4. The van der Waals surface area contributed by atoms with Crippen LogP contribution in [0.15, 0.2) is 35.7 Å². The molecule has 1 unspecified atom stereocenters. The summed E-state index contributed by atoms with van der Waals surface area (Å²) < 4.78 is 0. The smallest absolute Gasteiger partial charge is 0.271 e. The molecule has 1 aliphatic heterocycles. The molecule has 1 atom stereocenters. The van der Waals surface area contributed by atoms with Gasteiger partial charge in [-0.15, -0.1) is 11.3 Å². The molecule has 6 heteroatoms. The summed E-state index contributed by atoms with van der Waals surface area (Å²) in [4.78, 5) is 29.9. The van der Waals surface area contributed by atoms with Crippen LogP contribution in [0.5, 0.6) is 0 Å². The van der Waals surface area contributed by atoms with Gasteiger partial charge in [0.1, 0.15) is 5.69 Å². The normalized spacial score (nSPS) is 17.8. The Kier molecular flexibility index (Phi) is 5.25. The van der Waals surface area contributed by atoms with Crippen LogP contribution in [0, 0.1) is 0 Å². The number of nitrogens with one attached hydrogen (secondary N) is 1. The zero-order valence-electron chi connectivity index (χ0n) is 13.7. The van der Waals surface area contributed by atoms with Crippen molar-refractivity contribution in [3.05, 3.63) is 52.0 Å². The number of carbonyl (C=O) groups is 2. The topological polar surface area (TPSA) is 62.3 Å². The third-order valence-electron chi connectivity index (χ3n) is 4.22. The van der Waals surface area contributed by atoms with Crippen LogP contribution in [0.4, 0.5) is 0 Å². The van der Waals surface area contributed by atoms with Crippen molar-refractivity contribution in [2.45, 2.75) is 31.7 Å². The number of aryl methyl sites for hydroxylation is 2. The van der Waals surface area contributed by atoms with Gasteiger partial charge in [-0.05, 0) is 18.4 Å². The second kappa shape index (κ2) is 7.57. The van der Waals surface area contributed by atoms with Crippen LogP contribution in [0.2, 0.25) is 0 Å². The van der Waals surface area contributed by atoms with Crippen molar-refractivity contribution in [3.8, 4) is 0 Å². The Morgan fingerprint density at radius 3 is 2.88 bits per heavy atom. The summed E-state index contributed by atoms with van der Waals surface area (Å²) in [5.74, 6) is -0.0117. The zero-order chi connectivity index (χ0) is 16.9. The molecule has 1 fully saturated rings. The average Bonchev–Trinajstić information content (AvgIpc) is 3.06. The fourth-order valence-corrected chi connectivity index (χ4v) is 3.59. The third-order valence-corrected chi connectivity index (χ3v) is 5.13. The number of likely N-dealkylation sites (tertiary alicyclic amines) is 1. The van der Waals surface area contributed by atoms with E-state index in [9.17, 15) is 9.59 Å². The minimum atomic E-state index is -0.148. The second-order valence-electron chi connectivity index (χ2n) is 6.10. The van der Waals surface area contributed by atoms with E-state index >= 15 is 0 Å². The van der Waals surface area contributed by atoms with Crippen molar-refractivity contribution >= 4 is 23.2 Å². The highest BCUT2D eigenvalue weighted by Crippen LogP contribution is 2.15. The molecular formula is C18H21N3O2S. The van der Waals surface area contributed by atoms with Gasteiger partial charge in [0.2, 0.25) is 5.91 Å². The highest BCUT2D eigenvalue weighted by atomic mass is 32.1. The van der Waals surface area contributed by atoms with E-state index in [2.05, 4.69) is 22.4 Å². The lowest BCUT2D eigenvalue weighted by atomic mass is 10.1. The fourth-order valence-electron chi connectivity index (χ4n) is 2.82. The molecule has 2 amide bonds. The van der Waals surface area contributed by atoms with Crippen LogP contribution in [-0.2, 0) is 17.6 Å². The van der Waals surface area contributed by atoms with Crippen molar-refractivity contribution in [3.63, 3.8) is 0 Å². The number of nitrogens with zero attached hydrogens (tertiary/aromatic N) is 2. The highest BCUT2D eigenvalue weighted by Gasteiger charge is 2.25. The van der Waals surface area contributed by atoms with E-state index in [0.29, 0.717) is 25.1 Å². The average molecular weight is 343 g/mol. The molecule has 1 aromatic carbocycles. The Balaban J connectivity index is 1.53. The van der Waals surface area contributed by atoms with Crippen molar-refractivity contribution in [1.29, 1.82) is 0 Å². The molecule has 1 saturated heterocycles. The van der Waals surface area contributed by atoms with Crippen LogP contribution >= 0.6 is 11.3 Å². The molecule has 1 N–H and O–H groups in total. The van der Waals surface area contributed by atoms with Gasteiger partial charge >= 0.3 is 0 Å². The van der Waals surface area contributed by atoms with Gasteiger partial charge in [0.25, 0.3) is 5.91 Å². The lowest BCUT2D eigenvalue weighted by Crippen LogP contribution is -2.48. The molecule has 0 aliphatic carbocycles. The first-order valence-corrected chi connectivity index (χ1v) is 9.03. The van der Waals surface area contributed by atoms with E-state index in [0.717, 1.165) is 17.8 Å². The van der Waals surface area contributed by atoms with Crippen LogP contribution < -0.4 is 5.32 Å². The standard InChI is InChI=1S/C18H21N3O2S/c1-21-11-14(8-10-17(21)22)19-18(23)15-12-24-16(20-15)9-7-13-5-3-2-4-6-13/h2-6,12,14H,7-11H2,1H3,(H,19,23). The minimum absolute atomic E-state index is 0.00895. The molecule has 2 aromatic rings. The third kappa shape index (κ3) is 4.20. The molecule has 126 valence electrons. The summed E-state index contributed by atoms with van der Waals surface area (Å²) in [6, 6.07) is 10.3. The Bertz CT molecular complexity index is 714. The molecule has 0 radical (unpaired) electrons. The molecule has 0 saturated carbocycles. The largest absolute Gasteiger partial charge is 0.346 e. The molecule has 2 heterocycles. The van der Waals surface area contributed by atoms with Crippen molar-refractivity contribution in [2.75, 3.05) is 13.6 Å². The summed E-state index contributed by atoms with van der Waals surface area (Å²) in [5.41, 5.74) is 1.75. The first-order chi connectivity index (χ1) is 11.6. The van der Waals surface area contributed by atoms with Crippen LogP contribution in [-0.4, -0.2) is 41.3 Å². The maximum Gasteiger partial charge on any atom is 0.271 e. The van der Waals surface area contributed by atoms with Gasteiger partial charge in [-0.25, -0.2) is 4.98 Å². The lowest BCUT2D eigenvalue weighted by Gasteiger charge is -2.29. The van der Waals surface area contributed by atoms with E-state index in [-0.39, 0.29) is 17.9 Å². The monoisotopic (exact) mass is 343 g/mol. The molecule has 0 bridgehead atoms. The number of thiazole rings is 1. The molecule has 24 heavy (non-hydrogen) atoms. The number of likely N-dealkylation sites (N-methyl/N-ethyl adjacent to an activating group) is 1. The lowest BCUT2D eigenvalue weighted by molar-refractivity contribution is -0.132. The predicted molar refractivity (Wildman–Crippen MR) is 94.1 cm³/mol. The zero-order valence-corrected chi connectivity index (χ0v) is 14.5. The molecule has 3 rings (SSSR count). The van der Waals surface area contributed by atoms with E-state index in [1.807, 2.05) is 23.6 Å². The maximum atomic E-state index is 12.3. The molecule has 1 aromatic heterocycles. The minimum Gasteiger partial charge on any atom is -0.346 e. The van der Waals surface area contributed by atoms with E-state index < -0.39 is 0 Å². The fraction of sp³-hybridized carbons (Fsp3) is 0.389. The van der Waals surface area contributed by atoms with E-state index in [4.69, 9.17) is 0 Å². The Morgan fingerprint density at radius 2 is 2.12 bits per heavy atom. The Morgan fingerprint density at radius 1 is 1.33 bits per heavy atom. The van der Waals surface area contributed by atoms with Gasteiger partial charge < -0.3 is 10.2 Å². The van der Waals surface area contributed by atoms with Crippen molar-refractivity contribution < 1.29 is 9.59 Å². The Hall–Kier alpha value is -2.21. The Labute approximate surface area is 145 Å². The number of hydrogen-bond donors (Lipinski definition) is 1. The summed E-state index contributed by atoms with van der Waals surface area (Å²) >= 11 is 1.52. The summed E-state index contributed by atoms with van der Waals surface area (Å²) in [7, 11) is 1.77. The molecule has 1 aliphatic rings. The van der Waals surface area contributed by atoms with Crippen molar-refractivity contribution in [2.24, 2.45) is 0 Å². The van der Waals surface area contributed by atoms with Crippen molar-refractivity contribution in [1.82, 2.24) is 15.2 Å².